The van der Waals surface area contributed by atoms with Crippen LogP contribution in [0.4, 0.5) is 0 Å². The second-order valence-corrected chi connectivity index (χ2v) is 10.5. The number of benzene rings is 1. The number of likely N-dealkylation sites (tertiary alicyclic amines) is 1. The molecular formula is C24H34Cl2N4O3S. The second-order valence-electron chi connectivity index (χ2n) is 9.01. The lowest BCUT2D eigenvalue weighted by molar-refractivity contribution is -0.138. The van der Waals surface area contributed by atoms with E-state index in [2.05, 4.69) is 22.2 Å². The number of ether oxygens (including phenoxy) is 1. The summed E-state index contributed by atoms with van der Waals surface area (Å²) in [5.74, 6) is -0.470. The Morgan fingerprint density at radius 2 is 1.88 bits per heavy atom. The number of carbonyl (C=O) groups is 2. The van der Waals surface area contributed by atoms with Gasteiger partial charge in [0.15, 0.2) is 0 Å². The fourth-order valence-electron chi connectivity index (χ4n) is 4.67. The molecule has 2 saturated heterocycles. The first kappa shape index (κ1) is 25.7. The van der Waals surface area contributed by atoms with Crippen LogP contribution >= 0.6 is 35.3 Å². The normalized spacial score (nSPS) is 20.4. The SMILES string of the molecule is Cl.[2H]CO[C@@H](C)[C@H](NC(=O)c1cc2ccc(Cl)cc2s1)C(=O)N1CCN(C2CCN(C)CC2)CC1. The van der Waals surface area contributed by atoms with Gasteiger partial charge in [-0.3, -0.25) is 14.5 Å². The first-order valence-electron chi connectivity index (χ1n) is 12.2. The number of hydrogen-bond acceptors (Lipinski definition) is 6. The summed E-state index contributed by atoms with van der Waals surface area (Å²) in [5.41, 5.74) is 0. The van der Waals surface area contributed by atoms with Crippen LogP contribution in [0.5, 0.6) is 0 Å². The van der Waals surface area contributed by atoms with Crippen molar-refractivity contribution in [2.24, 2.45) is 0 Å². The molecule has 2 aromatic rings. The maximum absolute atomic E-state index is 13.5. The van der Waals surface area contributed by atoms with Gasteiger partial charge in [-0.25, -0.2) is 0 Å². The predicted octanol–water partition coefficient (Wildman–Crippen LogP) is 3.35. The van der Waals surface area contributed by atoms with E-state index in [9.17, 15) is 9.59 Å². The van der Waals surface area contributed by atoms with Gasteiger partial charge in [0.1, 0.15) is 6.04 Å². The van der Waals surface area contributed by atoms with Crippen molar-refractivity contribution in [3.63, 3.8) is 0 Å². The number of amides is 2. The van der Waals surface area contributed by atoms with Crippen molar-refractivity contribution in [2.75, 3.05) is 53.4 Å². The van der Waals surface area contributed by atoms with Crippen LogP contribution in [-0.4, -0.2) is 98.1 Å². The highest BCUT2D eigenvalue weighted by Gasteiger charge is 2.34. The van der Waals surface area contributed by atoms with E-state index in [4.69, 9.17) is 17.7 Å². The molecule has 2 amide bonds. The van der Waals surface area contributed by atoms with Gasteiger partial charge in [-0.05, 0) is 63.5 Å². The van der Waals surface area contributed by atoms with Crippen LogP contribution in [0.2, 0.25) is 5.02 Å². The minimum atomic E-state index is -0.846. The number of halogens is 2. The lowest BCUT2D eigenvalue weighted by atomic mass is 10.0. The second kappa shape index (κ2) is 12.0. The molecule has 2 aliphatic rings. The third-order valence-electron chi connectivity index (χ3n) is 6.82. The smallest absolute Gasteiger partial charge is 0.262 e. The van der Waals surface area contributed by atoms with Crippen LogP contribution in [0.1, 0.15) is 30.8 Å². The quantitative estimate of drug-likeness (QED) is 0.621. The molecule has 0 aliphatic carbocycles. The van der Waals surface area contributed by atoms with Crippen LogP contribution < -0.4 is 5.32 Å². The number of fused-ring (bicyclic) bond motifs is 1. The minimum Gasteiger partial charge on any atom is -0.379 e. The summed E-state index contributed by atoms with van der Waals surface area (Å²) in [6, 6.07) is 7.04. The van der Waals surface area contributed by atoms with E-state index < -0.39 is 12.1 Å². The largest absolute Gasteiger partial charge is 0.379 e. The molecule has 2 atom stereocenters. The third kappa shape index (κ3) is 6.22. The monoisotopic (exact) mass is 529 g/mol. The zero-order chi connectivity index (χ0) is 24.2. The Bertz CT molecular complexity index is 1010. The van der Waals surface area contributed by atoms with Gasteiger partial charge in [0.2, 0.25) is 5.91 Å². The number of nitrogens with one attached hydrogen (secondary N) is 1. The molecule has 3 heterocycles. The first-order valence-corrected chi connectivity index (χ1v) is 12.7. The van der Waals surface area contributed by atoms with Crippen LogP contribution in [0.25, 0.3) is 10.1 Å². The summed E-state index contributed by atoms with van der Waals surface area (Å²) in [6.45, 7) is 6.90. The van der Waals surface area contributed by atoms with Crippen LogP contribution in [-0.2, 0) is 9.53 Å². The summed E-state index contributed by atoms with van der Waals surface area (Å²) in [5, 5.41) is 4.44. The Hall–Kier alpha value is -1.42. The first-order chi connectivity index (χ1) is 16.4. The Balaban J connectivity index is 0.00000342. The zero-order valence-electron chi connectivity index (χ0n) is 20.7. The average molecular weight is 531 g/mol. The Morgan fingerprint density at radius 1 is 1.18 bits per heavy atom. The van der Waals surface area contributed by atoms with Gasteiger partial charge in [-0.1, -0.05) is 17.7 Å². The number of carbonyl (C=O) groups excluding carboxylic acids is 2. The molecule has 2 aliphatic heterocycles. The third-order valence-corrected chi connectivity index (χ3v) is 8.15. The van der Waals surface area contributed by atoms with Crippen LogP contribution in [0.15, 0.2) is 24.3 Å². The summed E-state index contributed by atoms with van der Waals surface area (Å²) >= 11 is 7.42. The minimum absolute atomic E-state index is 0. The van der Waals surface area contributed by atoms with Crippen molar-refractivity contribution < 1.29 is 15.7 Å². The van der Waals surface area contributed by atoms with E-state index in [1.807, 2.05) is 23.1 Å². The maximum atomic E-state index is 13.5. The van der Waals surface area contributed by atoms with E-state index in [0.29, 0.717) is 29.0 Å². The highest BCUT2D eigenvalue weighted by molar-refractivity contribution is 7.20. The van der Waals surface area contributed by atoms with E-state index in [1.54, 1.807) is 13.0 Å². The Kier molecular flexibility index (Phi) is 9.07. The molecule has 0 unspecified atom stereocenters. The number of thiophene rings is 1. The fourth-order valence-corrected chi connectivity index (χ4v) is 5.91. The maximum Gasteiger partial charge on any atom is 0.262 e. The van der Waals surface area contributed by atoms with Crippen molar-refractivity contribution in [1.82, 2.24) is 20.0 Å². The molecule has 34 heavy (non-hydrogen) atoms. The lowest BCUT2D eigenvalue weighted by Crippen LogP contribution is -2.59. The van der Waals surface area contributed by atoms with Crippen LogP contribution in [0.3, 0.4) is 0 Å². The summed E-state index contributed by atoms with van der Waals surface area (Å²) in [7, 11) is 1.89. The number of methoxy groups -OCH3 is 1. The zero-order valence-corrected chi connectivity index (χ0v) is 22.1. The number of nitrogens with zero attached hydrogens (tertiary/aromatic N) is 3. The molecule has 0 spiro atoms. The highest BCUT2D eigenvalue weighted by atomic mass is 35.5. The summed E-state index contributed by atoms with van der Waals surface area (Å²) in [6.07, 6.45) is 1.72. The predicted molar refractivity (Wildman–Crippen MR) is 140 cm³/mol. The summed E-state index contributed by atoms with van der Waals surface area (Å²) in [4.78, 5) is 33.7. The molecule has 1 N–H and O–H groups in total. The van der Waals surface area contributed by atoms with Gasteiger partial charge in [0.05, 0.1) is 12.4 Å². The molecule has 10 heteroatoms. The van der Waals surface area contributed by atoms with Gasteiger partial charge >= 0.3 is 0 Å². The van der Waals surface area contributed by atoms with Crippen molar-refractivity contribution in [1.29, 1.82) is 0 Å². The molecule has 1 aromatic carbocycles. The molecule has 7 nitrogen and oxygen atoms in total. The van der Waals surface area contributed by atoms with Gasteiger partial charge in [0.25, 0.3) is 5.91 Å². The summed E-state index contributed by atoms with van der Waals surface area (Å²) < 4.78 is 13.8. The Morgan fingerprint density at radius 3 is 2.56 bits per heavy atom. The van der Waals surface area contributed by atoms with Gasteiger partial charge in [0, 0.05) is 49.0 Å². The van der Waals surface area contributed by atoms with Gasteiger partial charge in [-0.15, -0.1) is 23.7 Å². The molecule has 4 rings (SSSR count). The molecule has 2 fully saturated rings. The van der Waals surface area contributed by atoms with Gasteiger partial charge < -0.3 is 19.9 Å². The van der Waals surface area contributed by atoms with E-state index in [0.717, 1.165) is 49.1 Å². The highest BCUT2D eigenvalue weighted by Crippen LogP contribution is 2.28. The average Bonchev–Trinajstić information content (AvgIpc) is 3.26. The number of rotatable bonds is 6. The topological polar surface area (TPSA) is 65.1 Å². The molecule has 0 radical (unpaired) electrons. The number of hydrogen-bond donors (Lipinski definition) is 1. The number of piperidine rings is 1. The standard InChI is InChI=1S/C24H33ClN4O3S.ClH/c1-16(32-3)22(26-23(30)21-14-17-4-5-18(25)15-20(17)33-21)24(31)29-12-10-28(11-13-29)19-6-8-27(2)9-7-19;/h4-5,14-16,19,22H,6-13H2,1-3H3,(H,26,30);1H/t16-,22-;/m0./s1/i3D;. The van der Waals surface area contributed by atoms with Crippen molar-refractivity contribution in [3.05, 3.63) is 34.2 Å². The van der Waals surface area contributed by atoms with Crippen LogP contribution in [0, 0.1) is 0 Å². The molecule has 1 aromatic heterocycles. The van der Waals surface area contributed by atoms with Crippen molar-refractivity contribution in [2.45, 2.75) is 38.0 Å². The van der Waals surface area contributed by atoms with E-state index >= 15 is 0 Å². The number of piperazine rings is 1. The van der Waals surface area contributed by atoms with Crippen molar-refractivity contribution >= 4 is 57.2 Å². The lowest BCUT2D eigenvalue weighted by Gasteiger charge is -2.43. The molecule has 188 valence electrons. The fraction of sp³-hybridized carbons (Fsp3) is 0.583. The van der Waals surface area contributed by atoms with E-state index in [-0.39, 0.29) is 31.3 Å². The van der Waals surface area contributed by atoms with Gasteiger partial charge in [-0.2, -0.15) is 0 Å². The molecule has 0 bridgehead atoms. The Labute approximate surface area is 218 Å². The molecular weight excluding hydrogens is 495 g/mol. The molecule has 0 saturated carbocycles. The van der Waals surface area contributed by atoms with E-state index in [1.165, 1.54) is 11.3 Å². The van der Waals surface area contributed by atoms with Crippen molar-refractivity contribution in [3.8, 4) is 0 Å².